The molecule has 1 heterocycles. The molecule has 5 heteroatoms. The number of hydrogen-bond acceptors (Lipinski definition) is 4. The van der Waals surface area contributed by atoms with Gasteiger partial charge in [0.1, 0.15) is 5.58 Å². The fourth-order valence-electron chi connectivity index (χ4n) is 3.58. The summed E-state index contributed by atoms with van der Waals surface area (Å²) in [6.07, 6.45) is 0. The molecule has 0 saturated heterocycles. The Morgan fingerprint density at radius 1 is 0.903 bits per heavy atom. The van der Waals surface area contributed by atoms with Gasteiger partial charge in [-0.05, 0) is 56.2 Å². The van der Waals surface area contributed by atoms with Crippen LogP contribution in [-0.2, 0) is 4.79 Å². The monoisotopic (exact) mass is 413 g/mol. The Bertz CT molecular complexity index is 1300. The minimum absolute atomic E-state index is 0.0277. The number of rotatable bonds is 5. The van der Waals surface area contributed by atoms with Gasteiger partial charge in [0.2, 0.25) is 11.2 Å². The average molecular weight is 413 g/mol. The van der Waals surface area contributed by atoms with Crippen LogP contribution in [0.4, 0.5) is 5.69 Å². The van der Waals surface area contributed by atoms with Gasteiger partial charge in [-0.3, -0.25) is 9.59 Å². The summed E-state index contributed by atoms with van der Waals surface area (Å²) >= 11 is 0. The quantitative estimate of drug-likeness (QED) is 0.475. The highest BCUT2D eigenvalue weighted by atomic mass is 16.5. The minimum Gasteiger partial charge on any atom is -0.476 e. The molecule has 0 atom stereocenters. The fraction of sp³-hybridized carbons (Fsp3) is 0.154. The molecule has 1 N–H and O–H groups in total. The van der Waals surface area contributed by atoms with Crippen LogP contribution in [0.1, 0.15) is 16.7 Å². The van der Waals surface area contributed by atoms with Crippen LogP contribution in [-0.4, -0.2) is 12.5 Å². The molecule has 0 spiro atoms. The number of ether oxygens (including phenoxy) is 1. The second-order valence-corrected chi connectivity index (χ2v) is 7.67. The van der Waals surface area contributed by atoms with E-state index in [9.17, 15) is 9.59 Å². The summed E-state index contributed by atoms with van der Waals surface area (Å²) in [4.78, 5) is 25.7. The molecule has 0 aliphatic carbocycles. The lowest BCUT2D eigenvalue weighted by Crippen LogP contribution is -2.22. The molecular formula is C26H23NO4. The average Bonchev–Trinajstić information content (AvgIpc) is 2.73. The topological polar surface area (TPSA) is 68.5 Å². The number of fused-ring (bicyclic) bond motifs is 1. The smallest absolute Gasteiger partial charge is 0.262 e. The van der Waals surface area contributed by atoms with E-state index >= 15 is 0 Å². The largest absolute Gasteiger partial charge is 0.476 e. The standard InChI is InChI=1S/C26H23NO4/c1-16-9-10-22-21(14-16)24(29)26(25(31-22)19-7-5-4-6-8-19)30-15-23(28)27-20-12-17(2)11-18(3)13-20/h4-14H,15H2,1-3H3,(H,27,28). The number of aryl methyl sites for hydroxylation is 3. The van der Waals surface area contributed by atoms with Crippen LogP contribution in [0.2, 0.25) is 0 Å². The van der Waals surface area contributed by atoms with Gasteiger partial charge in [0.05, 0.1) is 5.39 Å². The molecule has 0 aliphatic heterocycles. The highest BCUT2D eigenvalue weighted by molar-refractivity contribution is 5.92. The van der Waals surface area contributed by atoms with Crippen molar-refractivity contribution in [3.63, 3.8) is 0 Å². The number of hydrogen-bond donors (Lipinski definition) is 1. The molecule has 5 nitrogen and oxygen atoms in total. The van der Waals surface area contributed by atoms with E-state index < -0.39 is 0 Å². The molecule has 0 radical (unpaired) electrons. The molecule has 31 heavy (non-hydrogen) atoms. The van der Waals surface area contributed by atoms with Crippen molar-refractivity contribution >= 4 is 22.6 Å². The van der Waals surface area contributed by atoms with Crippen molar-refractivity contribution < 1.29 is 13.9 Å². The first-order valence-electron chi connectivity index (χ1n) is 10.0. The number of nitrogens with one attached hydrogen (secondary N) is 1. The van der Waals surface area contributed by atoms with Gasteiger partial charge in [-0.15, -0.1) is 0 Å². The van der Waals surface area contributed by atoms with E-state index in [4.69, 9.17) is 9.15 Å². The van der Waals surface area contributed by atoms with Crippen molar-refractivity contribution in [3.8, 4) is 17.1 Å². The van der Waals surface area contributed by atoms with E-state index in [0.717, 1.165) is 16.7 Å². The third kappa shape index (κ3) is 4.51. The number of carbonyl (C=O) groups excluding carboxylic acids is 1. The SMILES string of the molecule is Cc1cc(C)cc(NC(=O)COc2c(-c3ccccc3)oc3ccc(C)cc3c2=O)c1. The highest BCUT2D eigenvalue weighted by Crippen LogP contribution is 2.31. The molecule has 0 unspecified atom stereocenters. The summed E-state index contributed by atoms with van der Waals surface area (Å²) in [5, 5.41) is 3.24. The number of carbonyl (C=O) groups is 1. The molecule has 1 aromatic heterocycles. The van der Waals surface area contributed by atoms with Crippen LogP contribution in [0.5, 0.6) is 5.75 Å². The van der Waals surface area contributed by atoms with Gasteiger partial charge in [0.15, 0.2) is 12.4 Å². The van der Waals surface area contributed by atoms with Gasteiger partial charge in [-0.2, -0.15) is 0 Å². The van der Waals surface area contributed by atoms with Crippen molar-refractivity contribution in [2.75, 3.05) is 11.9 Å². The lowest BCUT2D eigenvalue weighted by Gasteiger charge is -2.12. The summed E-state index contributed by atoms with van der Waals surface area (Å²) in [5.74, 6) is -0.0197. The van der Waals surface area contributed by atoms with Gasteiger partial charge < -0.3 is 14.5 Å². The van der Waals surface area contributed by atoms with E-state index in [1.165, 1.54) is 0 Å². The Hall–Kier alpha value is -3.86. The van der Waals surface area contributed by atoms with Gasteiger partial charge in [0.25, 0.3) is 5.91 Å². The zero-order valence-electron chi connectivity index (χ0n) is 17.7. The number of amides is 1. The second-order valence-electron chi connectivity index (χ2n) is 7.67. The maximum Gasteiger partial charge on any atom is 0.262 e. The second kappa shape index (κ2) is 8.48. The number of anilines is 1. The Balaban J connectivity index is 1.67. The zero-order valence-corrected chi connectivity index (χ0v) is 17.7. The third-order valence-corrected chi connectivity index (χ3v) is 4.89. The lowest BCUT2D eigenvalue weighted by atomic mass is 10.1. The van der Waals surface area contributed by atoms with Gasteiger partial charge in [0, 0.05) is 11.3 Å². The predicted octanol–water partition coefficient (Wildman–Crippen LogP) is 5.40. The summed E-state index contributed by atoms with van der Waals surface area (Å²) in [5.41, 5.74) is 4.60. The summed E-state index contributed by atoms with van der Waals surface area (Å²) in [7, 11) is 0. The lowest BCUT2D eigenvalue weighted by molar-refractivity contribution is -0.118. The van der Waals surface area contributed by atoms with E-state index in [0.29, 0.717) is 28.0 Å². The molecular weight excluding hydrogens is 390 g/mol. The Morgan fingerprint density at radius 3 is 2.32 bits per heavy atom. The Morgan fingerprint density at radius 2 is 1.61 bits per heavy atom. The summed E-state index contributed by atoms with van der Waals surface area (Å²) in [6, 6.07) is 20.5. The molecule has 4 aromatic rings. The molecule has 0 aliphatic rings. The van der Waals surface area contributed by atoms with Crippen LogP contribution in [0.15, 0.2) is 75.9 Å². The third-order valence-electron chi connectivity index (χ3n) is 4.89. The van der Waals surface area contributed by atoms with Crippen LogP contribution in [0.25, 0.3) is 22.3 Å². The first kappa shape index (κ1) is 20.4. The van der Waals surface area contributed by atoms with Crippen LogP contribution >= 0.6 is 0 Å². The van der Waals surface area contributed by atoms with E-state index in [-0.39, 0.29) is 23.7 Å². The van der Waals surface area contributed by atoms with Gasteiger partial charge >= 0.3 is 0 Å². The van der Waals surface area contributed by atoms with Crippen molar-refractivity contribution in [1.82, 2.24) is 0 Å². The zero-order chi connectivity index (χ0) is 22.0. The fourth-order valence-corrected chi connectivity index (χ4v) is 3.58. The predicted molar refractivity (Wildman–Crippen MR) is 123 cm³/mol. The van der Waals surface area contributed by atoms with E-state index in [2.05, 4.69) is 5.32 Å². The molecule has 0 bridgehead atoms. The highest BCUT2D eigenvalue weighted by Gasteiger charge is 2.19. The van der Waals surface area contributed by atoms with Crippen LogP contribution < -0.4 is 15.5 Å². The van der Waals surface area contributed by atoms with Crippen molar-refractivity contribution in [1.29, 1.82) is 0 Å². The Kier molecular flexibility index (Phi) is 5.58. The molecule has 0 fully saturated rings. The molecule has 156 valence electrons. The number of benzene rings is 3. The van der Waals surface area contributed by atoms with Crippen molar-refractivity contribution in [3.05, 3.63) is 93.6 Å². The van der Waals surface area contributed by atoms with Crippen molar-refractivity contribution in [2.24, 2.45) is 0 Å². The van der Waals surface area contributed by atoms with Crippen molar-refractivity contribution in [2.45, 2.75) is 20.8 Å². The van der Waals surface area contributed by atoms with Crippen LogP contribution in [0, 0.1) is 20.8 Å². The summed E-state index contributed by atoms with van der Waals surface area (Å²) in [6.45, 7) is 5.53. The maximum atomic E-state index is 13.2. The molecule has 3 aromatic carbocycles. The molecule has 0 saturated carbocycles. The first-order valence-corrected chi connectivity index (χ1v) is 10.0. The van der Waals surface area contributed by atoms with E-state index in [1.807, 2.05) is 75.4 Å². The Labute approximate surface area is 180 Å². The van der Waals surface area contributed by atoms with Gasteiger partial charge in [-0.1, -0.05) is 48.0 Å². The normalized spacial score (nSPS) is 10.8. The van der Waals surface area contributed by atoms with Crippen LogP contribution in [0.3, 0.4) is 0 Å². The molecule has 1 amide bonds. The first-order chi connectivity index (χ1) is 14.9. The molecule has 4 rings (SSSR count). The maximum absolute atomic E-state index is 13.2. The summed E-state index contributed by atoms with van der Waals surface area (Å²) < 4.78 is 11.8. The van der Waals surface area contributed by atoms with E-state index in [1.54, 1.807) is 12.1 Å². The van der Waals surface area contributed by atoms with Gasteiger partial charge in [-0.25, -0.2) is 0 Å². The minimum atomic E-state index is -0.354.